The monoisotopic (exact) mass is 1920 g/mol. The Balaban J connectivity index is 1.10. The minimum absolute atomic E-state index is 0.00303. The molecule has 0 aliphatic carbocycles. The van der Waals surface area contributed by atoms with Crippen LogP contribution < -0.4 is 75.7 Å². The molecule has 0 spiro atoms. The number of thioether (sulfide) groups is 1. The van der Waals surface area contributed by atoms with E-state index in [9.17, 15) is 53.7 Å². The molecule has 44 nitrogen and oxygen atoms in total. The van der Waals surface area contributed by atoms with E-state index in [-0.39, 0.29) is 115 Å². The van der Waals surface area contributed by atoms with Gasteiger partial charge in [0.15, 0.2) is 5.96 Å². The fraction of sp³-hybridized carbons (Fsp3) is 0.533. The van der Waals surface area contributed by atoms with Crippen LogP contribution in [-0.4, -0.2) is 322 Å². The van der Waals surface area contributed by atoms with Crippen LogP contribution in [-0.2, 0) is 107 Å². The number of aromatic amines is 3. The van der Waals surface area contributed by atoms with Crippen LogP contribution in [0.3, 0.4) is 0 Å². The molecule has 3 aliphatic heterocycles. The van der Waals surface area contributed by atoms with Crippen LogP contribution in [0.25, 0.3) is 21.8 Å². The maximum atomic E-state index is 15.8. The van der Waals surface area contributed by atoms with E-state index in [0.717, 1.165) is 19.6 Å². The molecule has 9 rings (SSSR count). The van der Waals surface area contributed by atoms with Crippen molar-refractivity contribution in [1.29, 1.82) is 5.41 Å². The van der Waals surface area contributed by atoms with Crippen molar-refractivity contribution in [2.45, 2.75) is 241 Å². The van der Waals surface area contributed by atoms with Gasteiger partial charge in [0, 0.05) is 118 Å². The van der Waals surface area contributed by atoms with Crippen LogP contribution >= 0.6 is 11.8 Å². The molecule has 17 amide bonds. The van der Waals surface area contributed by atoms with Gasteiger partial charge < -0.3 is 130 Å². The molecule has 0 bridgehead atoms. The van der Waals surface area contributed by atoms with Gasteiger partial charge in [-0.05, 0) is 112 Å². The highest BCUT2D eigenvalue weighted by Crippen LogP contribution is 2.28. The van der Waals surface area contributed by atoms with Crippen LogP contribution in [0.5, 0.6) is 5.75 Å². The van der Waals surface area contributed by atoms with Gasteiger partial charge >= 0.3 is 0 Å². The number of H-pyrrole nitrogens is 3. The number of aromatic hydroxyl groups is 1. The molecule has 15 atom stereocenters. The number of likely N-dealkylation sites (N-methyl/N-ethyl adjacent to an activating group) is 3. The predicted octanol–water partition coefficient (Wildman–Crippen LogP) is -2.54. The van der Waals surface area contributed by atoms with E-state index < -0.39 is 228 Å². The number of nitrogens with zero attached hydrogens (tertiary/aromatic N) is 6. The first-order chi connectivity index (χ1) is 65.3. The topological polar surface area (TPSA) is 662 Å². The van der Waals surface area contributed by atoms with Gasteiger partial charge in [0.2, 0.25) is 100 Å². The molecule has 1 unspecified atom stereocenters. The molecular formula is C92H130N24O20S. The number of nitrogens with two attached hydrogens (primary N) is 3. The summed E-state index contributed by atoms with van der Waals surface area (Å²) in [5.41, 5.74) is 20.0. The first-order valence-corrected chi connectivity index (χ1v) is 47.2. The van der Waals surface area contributed by atoms with Gasteiger partial charge in [-0.2, -0.15) is 0 Å². The molecule has 6 heterocycles. The normalized spacial score (nSPS) is 24.3. The van der Waals surface area contributed by atoms with Crippen molar-refractivity contribution >= 4 is 140 Å². The van der Waals surface area contributed by atoms with Crippen molar-refractivity contribution in [2.24, 2.45) is 23.1 Å². The van der Waals surface area contributed by atoms with Gasteiger partial charge in [-0.25, -0.2) is 4.98 Å². The lowest BCUT2D eigenvalue weighted by Gasteiger charge is -2.36. The zero-order chi connectivity index (χ0) is 100. The summed E-state index contributed by atoms with van der Waals surface area (Å²) >= 11 is 0.713. The predicted molar refractivity (Wildman–Crippen MR) is 504 cm³/mol. The van der Waals surface area contributed by atoms with Crippen molar-refractivity contribution in [3.63, 3.8) is 0 Å². The van der Waals surface area contributed by atoms with Crippen LogP contribution in [0.4, 0.5) is 0 Å². The molecule has 0 saturated carbocycles. The minimum atomic E-state index is -1.86. The number of phenolic OH excluding ortho intramolecular Hbond substituents is 1. The van der Waals surface area contributed by atoms with Crippen LogP contribution in [0.15, 0.2) is 97.7 Å². The maximum Gasteiger partial charge on any atom is 0.246 e. The number of primary amides is 2. The van der Waals surface area contributed by atoms with Crippen LogP contribution in [0.2, 0.25) is 0 Å². The molecule has 0 radical (unpaired) electrons. The fourth-order valence-corrected chi connectivity index (χ4v) is 17.8. The first-order valence-electron chi connectivity index (χ1n) is 46.1. The Bertz CT molecular complexity index is 5270. The lowest BCUT2D eigenvalue weighted by molar-refractivity contribution is -0.149. The van der Waals surface area contributed by atoms with Gasteiger partial charge in [0.05, 0.1) is 31.7 Å². The average Bonchev–Trinajstić information content (AvgIpc) is 1.61. The number of rotatable bonds is 27. The largest absolute Gasteiger partial charge is 0.508 e. The molecular weight excluding hydrogens is 1790 g/mol. The number of imidazole rings is 1. The van der Waals surface area contributed by atoms with Gasteiger partial charge in [0.1, 0.15) is 96.4 Å². The van der Waals surface area contributed by atoms with Crippen molar-refractivity contribution in [1.82, 2.24) is 103 Å². The van der Waals surface area contributed by atoms with Crippen molar-refractivity contribution in [3.05, 3.63) is 120 Å². The number of phenols is 1. The second kappa shape index (κ2) is 51.3. The molecule has 6 aromatic rings. The summed E-state index contributed by atoms with van der Waals surface area (Å²) < 4.78 is 0. The summed E-state index contributed by atoms with van der Waals surface area (Å²) in [5, 5.41) is 70.0. The van der Waals surface area contributed by atoms with Gasteiger partial charge in [-0.1, -0.05) is 102 Å². The first kappa shape index (κ1) is 107. The van der Waals surface area contributed by atoms with E-state index in [1.165, 1.54) is 69.8 Å². The molecule has 744 valence electrons. The smallest absolute Gasteiger partial charge is 0.246 e. The number of carbonyl (C=O) groups excluding carboxylic acids is 17. The van der Waals surface area contributed by atoms with E-state index in [1.54, 1.807) is 74.8 Å². The number of carbonyl (C=O) groups is 17. The highest BCUT2D eigenvalue weighted by Gasteiger charge is 2.46. The third kappa shape index (κ3) is 29.6. The Kier molecular flexibility index (Phi) is 40.0. The number of benzene rings is 3. The lowest BCUT2D eigenvalue weighted by atomic mass is 10.00. The number of aromatic nitrogens is 4. The Hall–Kier alpha value is -13.7. The molecule has 3 fully saturated rings. The van der Waals surface area contributed by atoms with E-state index >= 15 is 43.2 Å². The molecule has 3 saturated heterocycles. The van der Waals surface area contributed by atoms with Crippen LogP contribution in [0, 0.1) is 11.3 Å². The van der Waals surface area contributed by atoms with Crippen LogP contribution in [0.1, 0.15) is 147 Å². The van der Waals surface area contributed by atoms with E-state index in [4.69, 9.17) is 22.6 Å². The molecule has 137 heavy (non-hydrogen) atoms. The van der Waals surface area contributed by atoms with Crippen molar-refractivity contribution in [2.75, 3.05) is 65.5 Å². The van der Waals surface area contributed by atoms with Crippen molar-refractivity contribution < 1.29 is 96.8 Å². The number of fused-ring (bicyclic) bond motifs is 4. The standard InChI is InChI=1S/C92H130N24O20S/c1-9-11-25-71-84(129)103-61(24-17-33-98-92(95)96)79(124)111-70(83(128)109-68(45-117)77(94)122)47-137-48-76(121)102-65(37-52-29-31-56(119)32-30-52)87(132)112(6)51(5)78(123)106-67(41-75(93)120)90(135)116-35-19-28-73(116)86(131)105-63(40-55-44-97-49-101-55)81(126)107-64(36-50(3)4)89(134)115-34-18-27-72(115)85(130)104-62(38-53-42-99-59-22-15-13-20-57(53)59)80(125)110-69(46-118)82(127)108-66(39-54-43-100-60-23-16-14-21-58(54)60)88(133)114(8)74(26-12-10-2)91(136)113(71)7/h13-16,20-23,29-32,42-44,49-51,61-74,99-100,117-119H,9-12,17-19,24-28,33-41,45-48H2,1-8H3,(H2,93,120)(H2,94,122)(H,97,101)(H,102,121)(H,103,129)(H,104,130)(H,105,131)(H,106,123)(H,107,126)(H,108,127)(H,109,128)(H,110,125)(H,111,124)(H4,95,96,98)/t51-,61-,62-,63-,64-,65-,66-,67-,68-,69-,70?,71-,72-,73-,74-/m0/s1. The third-order valence-electron chi connectivity index (χ3n) is 24.7. The number of aliphatic hydroxyl groups is 2. The van der Waals surface area contributed by atoms with Gasteiger partial charge in [-0.15, -0.1) is 11.8 Å². The molecule has 3 aliphatic rings. The van der Waals surface area contributed by atoms with E-state index in [1.807, 2.05) is 13.8 Å². The molecule has 45 heteroatoms. The molecule has 24 N–H and O–H groups in total. The SMILES string of the molecule is CCCC[C@H]1C(=O)N(C)[C@@H](CCCC)C(=O)N[C@@H](CCCNC(=N)N)C(=O)NC(C(=O)N[C@@H](CO)C(N)=O)CSCC(=O)N[C@@H](Cc2ccc(O)cc2)C(=O)N(C)[C@@H](C)C(=O)N[C@@H](CC(N)=O)C(=O)N2CCC[C@H]2C(=O)N[C@@H](Cc2cnc[nH]2)C(=O)N[C@@H](CC(C)C)C(=O)N2CCC[C@H]2C(=O)N[C@@H](Cc2c[nH]c3ccccc23)C(=O)N[C@@H](CO)C(=O)N[C@@H](Cc2c[nH]c3ccccc23)C(=O)N1C. The summed E-state index contributed by atoms with van der Waals surface area (Å²) in [5.74, 6) is -18.1. The Morgan fingerprint density at radius 1 is 0.540 bits per heavy atom. The number of para-hydroxylation sites is 2. The Morgan fingerprint density at radius 2 is 1.04 bits per heavy atom. The highest BCUT2D eigenvalue weighted by molar-refractivity contribution is 8.00. The summed E-state index contributed by atoms with van der Waals surface area (Å²) in [4.78, 5) is 271. The summed E-state index contributed by atoms with van der Waals surface area (Å²) in [7, 11) is 3.89. The highest BCUT2D eigenvalue weighted by atomic mass is 32.2. The Morgan fingerprint density at radius 3 is 1.59 bits per heavy atom. The second-order valence-corrected chi connectivity index (χ2v) is 36.3. The Labute approximate surface area is 796 Å². The summed E-state index contributed by atoms with van der Waals surface area (Å²) in [6.07, 6.45) is 5.89. The minimum Gasteiger partial charge on any atom is -0.508 e. The van der Waals surface area contributed by atoms with Gasteiger partial charge in [-0.3, -0.25) is 86.9 Å². The maximum absolute atomic E-state index is 15.8. The number of aliphatic hydroxyl groups excluding tert-OH is 2. The van der Waals surface area contributed by atoms with Gasteiger partial charge in [0.25, 0.3) is 0 Å². The number of guanidine groups is 1. The number of amides is 17. The number of nitrogens with one attached hydrogen (secondary N) is 15. The zero-order valence-electron chi connectivity index (χ0n) is 78.3. The number of hydrogen-bond acceptors (Lipinski definition) is 23. The van der Waals surface area contributed by atoms with Crippen molar-refractivity contribution in [3.8, 4) is 5.75 Å². The summed E-state index contributed by atoms with van der Waals surface area (Å²) in [6.45, 7) is 6.26. The average molecular weight is 1920 g/mol. The molecule has 3 aromatic carbocycles. The number of hydrogen-bond donors (Lipinski definition) is 21. The number of unbranched alkanes of at least 4 members (excludes halogenated alkanes) is 2. The van der Waals surface area contributed by atoms with E-state index in [2.05, 4.69) is 78.4 Å². The zero-order valence-corrected chi connectivity index (χ0v) is 79.1. The van der Waals surface area contributed by atoms with E-state index in [0.29, 0.717) is 81.6 Å². The lowest BCUT2D eigenvalue weighted by Crippen LogP contribution is -2.62. The quantitative estimate of drug-likeness (QED) is 0.0144. The third-order valence-corrected chi connectivity index (χ3v) is 25.7. The summed E-state index contributed by atoms with van der Waals surface area (Å²) in [6, 6.07) is -3.56. The fourth-order valence-electron chi connectivity index (χ4n) is 17.0. The molecule has 3 aromatic heterocycles. The second-order valence-electron chi connectivity index (χ2n) is 35.2.